The van der Waals surface area contributed by atoms with Crippen LogP contribution in [0.25, 0.3) is 0 Å². The summed E-state index contributed by atoms with van der Waals surface area (Å²) in [5, 5.41) is 0. The zero-order valence-electron chi connectivity index (χ0n) is 9.52. The highest BCUT2D eigenvalue weighted by molar-refractivity contribution is 5.06. The fourth-order valence-corrected chi connectivity index (χ4v) is 1.40. The fraction of sp³-hybridized carbons (Fsp3) is 0.833. The van der Waals surface area contributed by atoms with Crippen LogP contribution in [0.15, 0.2) is 11.6 Å². The van der Waals surface area contributed by atoms with Crippen molar-refractivity contribution in [2.75, 3.05) is 0 Å². The lowest BCUT2D eigenvalue weighted by molar-refractivity contribution is 0.578. The van der Waals surface area contributed by atoms with E-state index < -0.39 is 0 Å². The predicted octanol–water partition coefficient (Wildman–Crippen LogP) is 4.27. The second-order valence-corrected chi connectivity index (χ2v) is 4.74. The first kappa shape index (κ1) is 11.7. The molecule has 0 saturated heterocycles. The molecular weight excluding hydrogens is 144 g/mol. The minimum Gasteiger partial charge on any atom is -0.0825 e. The van der Waals surface area contributed by atoms with E-state index in [1.54, 1.807) is 5.57 Å². The van der Waals surface area contributed by atoms with Crippen LogP contribution in [0.1, 0.15) is 48.0 Å². The lowest BCUT2D eigenvalue weighted by atomic mass is 9.91. The molecule has 0 nitrogen and oxygen atoms in total. The molecule has 0 fully saturated rings. The SMILES string of the molecule is CC(C)C=C(CC(C)C)C(C)C. The quantitative estimate of drug-likeness (QED) is 0.550. The van der Waals surface area contributed by atoms with E-state index in [0.717, 1.165) is 11.8 Å². The molecule has 0 amide bonds. The van der Waals surface area contributed by atoms with Gasteiger partial charge in [-0.25, -0.2) is 0 Å². The van der Waals surface area contributed by atoms with Gasteiger partial charge in [-0.1, -0.05) is 53.2 Å². The lowest BCUT2D eigenvalue weighted by Crippen LogP contribution is -2.00. The Morgan fingerprint density at radius 2 is 1.50 bits per heavy atom. The second-order valence-electron chi connectivity index (χ2n) is 4.74. The van der Waals surface area contributed by atoms with Crippen molar-refractivity contribution in [2.24, 2.45) is 17.8 Å². The van der Waals surface area contributed by atoms with Gasteiger partial charge >= 0.3 is 0 Å². The first-order valence-electron chi connectivity index (χ1n) is 5.14. The summed E-state index contributed by atoms with van der Waals surface area (Å²) in [5.41, 5.74) is 1.63. The smallest absolute Gasteiger partial charge is 0.0260 e. The van der Waals surface area contributed by atoms with Gasteiger partial charge in [-0.3, -0.25) is 0 Å². The summed E-state index contributed by atoms with van der Waals surface area (Å²) in [7, 11) is 0. The Morgan fingerprint density at radius 3 is 1.75 bits per heavy atom. The van der Waals surface area contributed by atoms with E-state index in [1.165, 1.54) is 6.42 Å². The normalized spacial score (nSPS) is 13.6. The van der Waals surface area contributed by atoms with Crippen LogP contribution >= 0.6 is 0 Å². The van der Waals surface area contributed by atoms with E-state index in [0.29, 0.717) is 5.92 Å². The summed E-state index contributed by atoms with van der Waals surface area (Å²) in [6.07, 6.45) is 3.68. The summed E-state index contributed by atoms with van der Waals surface area (Å²) in [5.74, 6) is 2.20. The topological polar surface area (TPSA) is 0 Å². The number of allylic oxidation sites excluding steroid dienone is 2. The van der Waals surface area contributed by atoms with Gasteiger partial charge < -0.3 is 0 Å². The van der Waals surface area contributed by atoms with E-state index in [2.05, 4.69) is 47.6 Å². The van der Waals surface area contributed by atoms with Crippen LogP contribution in [0.2, 0.25) is 0 Å². The van der Waals surface area contributed by atoms with Gasteiger partial charge in [0.25, 0.3) is 0 Å². The molecule has 12 heavy (non-hydrogen) atoms. The third kappa shape index (κ3) is 5.40. The van der Waals surface area contributed by atoms with Crippen molar-refractivity contribution in [1.82, 2.24) is 0 Å². The third-order valence-corrected chi connectivity index (χ3v) is 1.93. The monoisotopic (exact) mass is 168 g/mol. The van der Waals surface area contributed by atoms with Gasteiger partial charge in [0.1, 0.15) is 0 Å². The molecule has 0 bridgehead atoms. The van der Waals surface area contributed by atoms with Gasteiger partial charge in [0, 0.05) is 0 Å². The fourth-order valence-electron chi connectivity index (χ4n) is 1.40. The number of hydrogen-bond donors (Lipinski definition) is 0. The van der Waals surface area contributed by atoms with Crippen LogP contribution < -0.4 is 0 Å². The first-order valence-corrected chi connectivity index (χ1v) is 5.14. The van der Waals surface area contributed by atoms with Crippen LogP contribution in [0, 0.1) is 17.8 Å². The predicted molar refractivity (Wildman–Crippen MR) is 57.2 cm³/mol. The van der Waals surface area contributed by atoms with Gasteiger partial charge in [0.15, 0.2) is 0 Å². The maximum Gasteiger partial charge on any atom is -0.0260 e. The third-order valence-electron chi connectivity index (χ3n) is 1.93. The molecule has 0 unspecified atom stereocenters. The molecule has 0 aliphatic heterocycles. The zero-order valence-corrected chi connectivity index (χ0v) is 9.52. The van der Waals surface area contributed by atoms with Gasteiger partial charge in [-0.05, 0) is 24.2 Å². The molecule has 0 N–H and O–H groups in total. The van der Waals surface area contributed by atoms with E-state index in [1.807, 2.05) is 0 Å². The lowest BCUT2D eigenvalue weighted by Gasteiger charge is -2.15. The minimum absolute atomic E-state index is 0.696. The zero-order chi connectivity index (χ0) is 9.72. The molecule has 0 heteroatoms. The summed E-state index contributed by atoms with van der Waals surface area (Å²) >= 11 is 0. The molecule has 0 aromatic heterocycles. The highest BCUT2D eigenvalue weighted by atomic mass is 14.1. The second kappa shape index (κ2) is 5.40. The molecule has 0 aliphatic carbocycles. The molecule has 72 valence electrons. The molecule has 0 aliphatic rings. The first-order chi connectivity index (χ1) is 5.43. The van der Waals surface area contributed by atoms with Gasteiger partial charge in [0.2, 0.25) is 0 Å². The van der Waals surface area contributed by atoms with Crippen LogP contribution in [-0.4, -0.2) is 0 Å². The molecule has 0 atom stereocenters. The Balaban J connectivity index is 4.23. The maximum atomic E-state index is 2.42. The molecule has 0 aromatic carbocycles. The average molecular weight is 168 g/mol. The van der Waals surface area contributed by atoms with Crippen molar-refractivity contribution in [3.63, 3.8) is 0 Å². The molecule has 0 aromatic rings. The number of hydrogen-bond acceptors (Lipinski definition) is 0. The van der Waals surface area contributed by atoms with Crippen molar-refractivity contribution >= 4 is 0 Å². The van der Waals surface area contributed by atoms with E-state index in [-0.39, 0.29) is 0 Å². The van der Waals surface area contributed by atoms with Crippen LogP contribution in [-0.2, 0) is 0 Å². The Morgan fingerprint density at radius 1 is 1.00 bits per heavy atom. The highest BCUT2D eigenvalue weighted by Crippen LogP contribution is 2.20. The van der Waals surface area contributed by atoms with Crippen molar-refractivity contribution in [1.29, 1.82) is 0 Å². The Hall–Kier alpha value is -0.260. The summed E-state index contributed by atoms with van der Waals surface area (Å²) in [6.45, 7) is 13.7. The molecule has 0 spiro atoms. The minimum atomic E-state index is 0.696. The summed E-state index contributed by atoms with van der Waals surface area (Å²) in [6, 6.07) is 0. The van der Waals surface area contributed by atoms with Crippen molar-refractivity contribution in [2.45, 2.75) is 48.0 Å². The molecule has 0 heterocycles. The maximum absolute atomic E-state index is 2.42. The molecule has 0 saturated carbocycles. The summed E-state index contributed by atoms with van der Waals surface area (Å²) < 4.78 is 0. The Bertz CT molecular complexity index is 138. The molecular formula is C12H24. The largest absolute Gasteiger partial charge is 0.0825 e. The molecule has 0 rings (SSSR count). The van der Waals surface area contributed by atoms with Gasteiger partial charge in [-0.2, -0.15) is 0 Å². The van der Waals surface area contributed by atoms with E-state index in [4.69, 9.17) is 0 Å². The van der Waals surface area contributed by atoms with E-state index in [9.17, 15) is 0 Å². The van der Waals surface area contributed by atoms with Crippen molar-refractivity contribution < 1.29 is 0 Å². The van der Waals surface area contributed by atoms with E-state index >= 15 is 0 Å². The highest BCUT2D eigenvalue weighted by Gasteiger charge is 2.06. The standard InChI is InChI=1S/C12H24/c1-9(2)7-12(11(5)6)8-10(3)4/h7,9-11H,8H2,1-6H3. The van der Waals surface area contributed by atoms with Gasteiger partial charge in [-0.15, -0.1) is 0 Å². The Kier molecular flexibility index (Phi) is 5.28. The van der Waals surface area contributed by atoms with Crippen LogP contribution in [0.3, 0.4) is 0 Å². The average Bonchev–Trinajstić information content (AvgIpc) is 1.83. The van der Waals surface area contributed by atoms with Gasteiger partial charge in [0.05, 0.1) is 0 Å². The molecule has 0 radical (unpaired) electrons. The number of rotatable bonds is 4. The van der Waals surface area contributed by atoms with Crippen LogP contribution in [0.4, 0.5) is 0 Å². The van der Waals surface area contributed by atoms with Crippen molar-refractivity contribution in [3.8, 4) is 0 Å². The Labute approximate surface area is 78.1 Å². The summed E-state index contributed by atoms with van der Waals surface area (Å²) in [4.78, 5) is 0. The van der Waals surface area contributed by atoms with Crippen LogP contribution in [0.5, 0.6) is 0 Å². The van der Waals surface area contributed by atoms with Crippen molar-refractivity contribution in [3.05, 3.63) is 11.6 Å².